The van der Waals surface area contributed by atoms with E-state index in [0.717, 1.165) is 0 Å². The Kier molecular flexibility index (Phi) is 3.65. The third-order valence-corrected chi connectivity index (χ3v) is 3.35. The fourth-order valence-electron chi connectivity index (χ4n) is 1.03. The molecular weight excluding hydrogens is 232 g/mol. The zero-order valence-corrected chi connectivity index (χ0v) is 9.86. The van der Waals surface area contributed by atoms with Crippen molar-refractivity contribution in [1.82, 2.24) is 0 Å². The topological polar surface area (TPSA) is 72.2 Å². The first-order valence-electron chi connectivity index (χ1n) is 4.35. The second-order valence-electron chi connectivity index (χ2n) is 2.92. The van der Waals surface area contributed by atoms with Crippen LogP contribution in [0, 0.1) is 0 Å². The van der Waals surface area contributed by atoms with Crippen molar-refractivity contribution in [3.8, 4) is 0 Å². The molecule has 0 fully saturated rings. The third kappa shape index (κ3) is 3.17. The van der Waals surface area contributed by atoms with Gasteiger partial charge in [0.2, 0.25) is 10.0 Å². The van der Waals surface area contributed by atoms with E-state index in [0.29, 0.717) is 11.3 Å². The number of sulfonamides is 1. The molecule has 0 atom stereocenters. The summed E-state index contributed by atoms with van der Waals surface area (Å²) in [7, 11) is -3.29. The molecule has 0 aromatic heterocycles. The van der Waals surface area contributed by atoms with Crippen molar-refractivity contribution in [3.63, 3.8) is 0 Å². The zero-order chi connectivity index (χ0) is 11.5. The molecule has 0 spiro atoms. The van der Waals surface area contributed by atoms with Gasteiger partial charge in [-0.15, -0.1) is 0 Å². The van der Waals surface area contributed by atoms with Crippen molar-refractivity contribution < 1.29 is 8.42 Å². The lowest BCUT2D eigenvalue weighted by atomic mass is 10.2. The van der Waals surface area contributed by atoms with Gasteiger partial charge in [-0.2, -0.15) is 0 Å². The van der Waals surface area contributed by atoms with Gasteiger partial charge in [0.1, 0.15) is 4.99 Å². The summed E-state index contributed by atoms with van der Waals surface area (Å²) >= 11 is 4.82. The number of nitrogens with one attached hydrogen (secondary N) is 1. The van der Waals surface area contributed by atoms with Crippen LogP contribution in [0.15, 0.2) is 24.3 Å². The molecule has 0 saturated carbocycles. The lowest BCUT2D eigenvalue weighted by Crippen LogP contribution is -2.18. The molecule has 0 unspecified atom stereocenters. The first-order valence-corrected chi connectivity index (χ1v) is 6.41. The highest BCUT2D eigenvalue weighted by Crippen LogP contribution is 2.16. The number of anilines is 1. The van der Waals surface area contributed by atoms with Crippen LogP contribution >= 0.6 is 12.2 Å². The van der Waals surface area contributed by atoms with Crippen molar-refractivity contribution in [1.29, 1.82) is 0 Å². The minimum atomic E-state index is -3.29. The van der Waals surface area contributed by atoms with Crippen molar-refractivity contribution in [2.45, 2.75) is 6.92 Å². The Hall–Kier alpha value is -1.14. The largest absolute Gasteiger partial charge is 0.389 e. The quantitative estimate of drug-likeness (QED) is 0.777. The molecule has 0 amide bonds. The zero-order valence-electron chi connectivity index (χ0n) is 8.23. The second kappa shape index (κ2) is 4.59. The summed E-state index contributed by atoms with van der Waals surface area (Å²) < 4.78 is 25.1. The van der Waals surface area contributed by atoms with E-state index in [1.165, 1.54) is 0 Å². The third-order valence-electron chi connectivity index (χ3n) is 1.84. The maximum Gasteiger partial charge on any atom is 0.232 e. The van der Waals surface area contributed by atoms with E-state index >= 15 is 0 Å². The van der Waals surface area contributed by atoms with Gasteiger partial charge in [0.25, 0.3) is 0 Å². The minimum absolute atomic E-state index is 0.0126. The molecule has 1 aromatic rings. The molecule has 15 heavy (non-hydrogen) atoms. The van der Waals surface area contributed by atoms with Gasteiger partial charge in [-0.3, -0.25) is 4.72 Å². The Morgan fingerprint density at radius 3 is 2.60 bits per heavy atom. The van der Waals surface area contributed by atoms with Crippen LogP contribution in [0.3, 0.4) is 0 Å². The van der Waals surface area contributed by atoms with E-state index in [1.54, 1.807) is 31.2 Å². The van der Waals surface area contributed by atoms with E-state index in [4.69, 9.17) is 18.0 Å². The molecule has 3 N–H and O–H groups in total. The van der Waals surface area contributed by atoms with Crippen molar-refractivity contribution >= 4 is 32.9 Å². The van der Waals surface area contributed by atoms with Crippen LogP contribution < -0.4 is 10.5 Å². The molecule has 1 rings (SSSR count). The average Bonchev–Trinajstić information content (AvgIpc) is 2.18. The summed E-state index contributed by atoms with van der Waals surface area (Å²) in [5.41, 5.74) is 6.43. The van der Waals surface area contributed by atoms with Gasteiger partial charge < -0.3 is 5.73 Å². The highest BCUT2D eigenvalue weighted by atomic mass is 32.2. The summed E-state index contributed by atoms with van der Waals surface area (Å²) in [6.07, 6.45) is 0. The first-order chi connectivity index (χ1) is 6.96. The normalized spacial score (nSPS) is 11.0. The molecule has 1 aromatic carbocycles. The number of thiocarbonyl (C=S) groups is 1. The molecule has 0 aliphatic heterocycles. The van der Waals surface area contributed by atoms with Gasteiger partial charge >= 0.3 is 0 Å². The van der Waals surface area contributed by atoms with Gasteiger partial charge in [-0.05, 0) is 19.1 Å². The second-order valence-corrected chi connectivity index (χ2v) is 5.37. The predicted molar refractivity (Wildman–Crippen MR) is 65.4 cm³/mol. The molecule has 0 heterocycles. The summed E-state index contributed by atoms with van der Waals surface area (Å²) in [5, 5.41) is 0. The van der Waals surface area contributed by atoms with E-state index in [9.17, 15) is 8.42 Å². The van der Waals surface area contributed by atoms with Crippen LogP contribution in [0.25, 0.3) is 0 Å². The fourth-order valence-corrected chi connectivity index (χ4v) is 1.86. The fraction of sp³-hybridized carbons (Fsp3) is 0.222. The predicted octanol–water partition coefficient (Wildman–Crippen LogP) is 1.08. The number of rotatable bonds is 4. The number of nitrogens with two attached hydrogens (primary N) is 1. The highest BCUT2D eigenvalue weighted by Gasteiger charge is 2.10. The van der Waals surface area contributed by atoms with E-state index in [-0.39, 0.29) is 10.7 Å². The van der Waals surface area contributed by atoms with Crippen LogP contribution in [0.2, 0.25) is 0 Å². The average molecular weight is 244 g/mol. The van der Waals surface area contributed by atoms with E-state index in [1.807, 2.05) is 0 Å². The molecule has 6 heteroatoms. The van der Waals surface area contributed by atoms with E-state index in [2.05, 4.69) is 4.72 Å². The van der Waals surface area contributed by atoms with Gasteiger partial charge in [0, 0.05) is 5.56 Å². The standard InChI is InChI=1S/C9H12N2O2S2/c1-2-15(12,13)11-8-6-4-3-5-7(8)9(10)14/h3-6,11H,2H2,1H3,(H2,10,14). The van der Waals surface area contributed by atoms with Crippen molar-refractivity contribution in [3.05, 3.63) is 29.8 Å². The van der Waals surface area contributed by atoms with Crippen molar-refractivity contribution in [2.75, 3.05) is 10.5 Å². The molecule has 4 nitrogen and oxygen atoms in total. The smallest absolute Gasteiger partial charge is 0.232 e. The highest BCUT2D eigenvalue weighted by molar-refractivity contribution is 7.92. The SMILES string of the molecule is CCS(=O)(=O)Nc1ccccc1C(N)=S. The Labute approximate surface area is 94.5 Å². The maximum absolute atomic E-state index is 11.3. The minimum Gasteiger partial charge on any atom is -0.389 e. The molecule has 0 radical (unpaired) electrons. The van der Waals surface area contributed by atoms with Gasteiger partial charge in [0.05, 0.1) is 11.4 Å². The van der Waals surface area contributed by atoms with Gasteiger partial charge in [0.15, 0.2) is 0 Å². The van der Waals surface area contributed by atoms with Crippen LogP contribution in [0.5, 0.6) is 0 Å². The molecule has 0 saturated heterocycles. The number of hydrogen-bond acceptors (Lipinski definition) is 3. The Morgan fingerprint density at radius 1 is 1.47 bits per heavy atom. The van der Waals surface area contributed by atoms with E-state index < -0.39 is 10.0 Å². The monoisotopic (exact) mass is 244 g/mol. The molecule has 0 bridgehead atoms. The Bertz CT molecular complexity index is 469. The van der Waals surface area contributed by atoms with Gasteiger partial charge in [-0.25, -0.2) is 8.42 Å². The summed E-state index contributed by atoms with van der Waals surface area (Å²) in [6, 6.07) is 6.77. The lowest BCUT2D eigenvalue weighted by molar-refractivity contribution is 0.602. The molecular formula is C9H12N2O2S2. The van der Waals surface area contributed by atoms with Crippen LogP contribution in [-0.4, -0.2) is 19.2 Å². The Morgan fingerprint density at radius 2 is 2.07 bits per heavy atom. The summed E-state index contributed by atoms with van der Waals surface area (Å²) in [4.78, 5) is 0.171. The maximum atomic E-state index is 11.3. The number of para-hydroxylation sites is 1. The van der Waals surface area contributed by atoms with Crippen LogP contribution in [-0.2, 0) is 10.0 Å². The van der Waals surface area contributed by atoms with Crippen LogP contribution in [0.1, 0.15) is 12.5 Å². The molecule has 0 aliphatic carbocycles. The summed E-state index contributed by atoms with van der Waals surface area (Å²) in [5.74, 6) is 0.0126. The van der Waals surface area contributed by atoms with Crippen LogP contribution in [0.4, 0.5) is 5.69 Å². The lowest BCUT2D eigenvalue weighted by Gasteiger charge is -2.10. The summed E-state index contributed by atoms with van der Waals surface area (Å²) in [6.45, 7) is 1.56. The van der Waals surface area contributed by atoms with Crippen molar-refractivity contribution in [2.24, 2.45) is 5.73 Å². The molecule has 0 aliphatic rings. The Balaban J connectivity index is 3.10. The molecule has 82 valence electrons. The first kappa shape index (κ1) is 11.9. The number of benzene rings is 1. The van der Waals surface area contributed by atoms with Gasteiger partial charge in [-0.1, -0.05) is 24.4 Å². The number of hydrogen-bond donors (Lipinski definition) is 2.